The maximum absolute atomic E-state index is 12.4. The molecule has 0 aliphatic carbocycles. The van der Waals surface area contributed by atoms with Crippen LogP contribution >= 0.6 is 0 Å². The molecule has 2 N–H and O–H groups in total. The number of nitro benzene ring substituents is 2. The lowest BCUT2D eigenvalue weighted by atomic mass is 9.92. The van der Waals surface area contributed by atoms with Crippen LogP contribution in [-0.2, 0) is 14.2 Å². The summed E-state index contributed by atoms with van der Waals surface area (Å²) in [5.41, 5.74) is 0.146. The maximum atomic E-state index is 12.4. The summed E-state index contributed by atoms with van der Waals surface area (Å²) in [6.07, 6.45) is -3.66. The van der Waals surface area contributed by atoms with Crippen LogP contribution < -0.4 is 0 Å². The molecule has 1 aliphatic heterocycles. The first kappa shape index (κ1) is 25.9. The summed E-state index contributed by atoms with van der Waals surface area (Å²) in [5.74, 6) is -0.788. The predicted molar refractivity (Wildman–Crippen MR) is 120 cm³/mol. The van der Waals surface area contributed by atoms with E-state index in [0.29, 0.717) is 5.56 Å². The van der Waals surface area contributed by atoms with E-state index in [1.807, 2.05) is 0 Å². The topological polar surface area (TPSA) is 172 Å². The number of ether oxygens (including phenoxy) is 3. The quantitative estimate of drug-likeness (QED) is 0.231. The Labute approximate surface area is 199 Å². The van der Waals surface area contributed by atoms with Gasteiger partial charge in [0.1, 0.15) is 24.9 Å². The molecule has 0 unspecified atom stereocenters. The minimum atomic E-state index is -1.39. The number of carbonyl (C=O) groups excluding carboxylic acids is 1. The summed E-state index contributed by atoms with van der Waals surface area (Å²) in [5, 5.41) is 43.4. The molecule has 35 heavy (non-hydrogen) atoms. The lowest BCUT2D eigenvalue weighted by molar-refractivity contribution is -0.385. The van der Waals surface area contributed by atoms with Crippen molar-refractivity contribution in [2.24, 2.45) is 0 Å². The Bertz CT molecular complexity index is 1100. The SMILES string of the molecule is CC(C)O[C@@H]1C=C([C@H](O)c2ccc([N+](=O)[O-])cc2)[C@H](O)[C@@H](COC(=O)c2ccc([N+](=O)[O-])cc2)O1. The first-order valence-corrected chi connectivity index (χ1v) is 10.6. The third-order valence-electron chi connectivity index (χ3n) is 5.17. The molecule has 0 saturated carbocycles. The Morgan fingerprint density at radius 2 is 1.57 bits per heavy atom. The summed E-state index contributed by atoms with van der Waals surface area (Å²) in [6.45, 7) is 3.12. The van der Waals surface area contributed by atoms with Gasteiger partial charge in [0, 0.05) is 24.3 Å². The van der Waals surface area contributed by atoms with Crippen molar-refractivity contribution in [2.45, 2.75) is 44.6 Å². The van der Waals surface area contributed by atoms with Crippen molar-refractivity contribution in [2.75, 3.05) is 6.61 Å². The minimum absolute atomic E-state index is 0.0672. The van der Waals surface area contributed by atoms with E-state index in [1.165, 1.54) is 42.5 Å². The summed E-state index contributed by atoms with van der Waals surface area (Å²) < 4.78 is 16.6. The van der Waals surface area contributed by atoms with Crippen molar-refractivity contribution >= 4 is 17.3 Å². The fraction of sp³-hybridized carbons (Fsp3) is 0.348. The number of aliphatic hydroxyl groups excluding tert-OH is 2. The van der Waals surface area contributed by atoms with Crippen LogP contribution in [0.4, 0.5) is 11.4 Å². The van der Waals surface area contributed by atoms with Gasteiger partial charge >= 0.3 is 5.97 Å². The van der Waals surface area contributed by atoms with Gasteiger partial charge in [0.2, 0.25) is 0 Å². The Morgan fingerprint density at radius 3 is 2.09 bits per heavy atom. The molecule has 0 bridgehead atoms. The zero-order valence-corrected chi connectivity index (χ0v) is 18.8. The standard InChI is InChI=1S/C23H24N2O10/c1-13(2)34-20-11-18(21(26)14-3-7-16(8-4-14)24(29)30)22(27)19(35-20)12-33-23(28)15-5-9-17(10-6-15)25(31)32/h3-11,13,19-22,26-27H,12H2,1-2H3/t19-,20+,21-,22+/m1/s1. The largest absolute Gasteiger partial charge is 0.459 e. The first-order valence-electron chi connectivity index (χ1n) is 10.6. The second-order valence-corrected chi connectivity index (χ2v) is 7.99. The van der Waals surface area contributed by atoms with Gasteiger partial charge in [-0.25, -0.2) is 4.79 Å². The number of non-ortho nitro benzene ring substituents is 2. The molecule has 0 saturated heterocycles. The molecule has 12 heteroatoms. The summed E-state index contributed by atoms with van der Waals surface area (Å²) in [4.78, 5) is 32.9. The monoisotopic (exact) mass is 488 g/mol. The molecule has 0 fully saturated rings. The highest BCUT2D eigenvalue weighted by Gasteiger charge is 2.37. The second kappa shape index (κ2) is 11.1. The molecule has 186 valence electrons. The van der Waals surface area contributed by atoms with Crippen LogP contribution in [-0.4, -0.2) is 57.2 Å². The number of hydrogen-bond acceptors (Lipinski definition) is 10. The van der Waals surface area contributed by atoms with Crippen molar-refractivity contribution in [3.8, 4) is 0 Å². The normalized spacial score (nSPS) is 20.7. The molecule has 1 aliphatic rings. The van der Waals surface area contributed by atoms with Gasteiger partial charge in [-0.05, 0) is 55.3 Å². The number of hydrogen-bond donors (Lipinski definition) is 2. The molecule has 0 aromatic heterocycles. The summed E-state index contributed by atoms with van der Waals surface area (Å²) >= 11 is 0. The number of nitrogens with zero attached hydrogens (tertiary/aromatic N) is 2. The molecule has 0 amide bonds. The lowest BCUT2D eigenvalue weighted by Gasteiger charge is -2.35. The van der Waals surface area contributed by atoms with E-state index in [0.717, 1.165) is 12.1 Å². The van der Waals surface area contributed by atoms with Gasteiger partial charge < -0.3 is 24.4 Å². The van der Waals surface area contributed by atoms with E-state index < -0.39 is 47.0 Å². The van der Waals surface area contributed by atoms with Crippen LogP contribution in [0.15, 0.2) is 60.2 Å². The van der Waals surface area contributed by atoms with Crippen LogP contribution in [0.5, 0.6) is 0 Å². The number of aliphatic hydroxyl groups is 2. The first-order chi connectivity index (χ1) is 16.6. The van der Waals surface area contributed by atoms with Gasteiger partial charge in [-0.3, -0.25) is 20.2 Å². The van der Waals surface area contributed by atoms with Gasteiger partial charge in [-0.15, -0.1) is 0 Å². The molecule has 3 rings (SSSR count). The predicted octanol–water partition coefficient (Wildman–Crippen LogP) is 2.83. The van der Waals surface area contributed by atoms with E-state index >= 15 is 0 Å². The summed E-state index contributed by atoms with van der Waals surface area (Å²) in [7, 11) is 0. The van der Waals surface area contributed by atoms with E-state index in [4.69, 9.17) is 14.2 Å². The van der Waals surface area contributed by atoms with Crippen molar-refractivity contribution in [3.63, 3.8) is 0 Å². The highest BCUT2D eigenvalue weighted by Crippen LogP contribution is 2.32. The van der Waals surface area contributed by atoms with Crippen molar-refractivity contribution in [1.82, 2.24) is 0 Å². The van der Waals surface area contributed by atoms with Crippen molar-refractivity contribution < 1.29 is 39.1 Å². The van der Waals surface area contributed by atoms with Gasteiger partial charge in [-0.2, -0.15) is 0 Å². The molecule has 2 aromatic rings. The van der Waals surface area contributed by atoms with Crippen LogP contribution in [0.1, 0.15) is 35.9 Å². The molecular formula is C23H24N2O10. The number of rotatable bonds is 9. The Morgan fingerprint density at radius 1 is 1.03 bits per heavy atom. The average Bonchev–Trinajstić information content (AvgIpc) is 2.83. The Kier molecular flexibility index (Phi) is 8.25. The average molecular weight is 488 g/mol. The zero-order chi connectivity index (χ0) is 25.7. The van der Waals surface area contributed by atoms with Crippen LogP contribution in [0.2, 0.25) is 0 Å². The summed E-state index contributed by atoms with van der Waals surface area (Å²) in [6, 6.07) is 10.0. The molecular weight excluding hydrogens is 464 g/mol. The van der Waals surface area contributed by atoms with Gasteiger partial charge in [0.25, 0.3) is 11.4 Å². The van der Waals surface area contributed by atoms with Crippen LogP contribution in [0.25, 0.3) is 0 Å². The molecule has 0 spiro atoms. The van der Waals surface area contributed by atoms with Crippen LogP contribution in [0.3, 0.4) is 0 Å². The Hall–Kier alpha value is -3.71. The van der Waals surface area contributed by atoms with E-state index in [9.17, 15) is 35.2 Å². The fourth-order valence-electron chi connectivity index (χ4n) is 3.41. The van der Waals surface area contributed by atoms with E-state index in [-0.39, 0.29) is 28.6 Å². The third kappa shape index (κ3) is 6.45. The van der Waals surface area contributed by atoms with Crippen molar-refractivity contribution in [3.05, 3.63) is 91.5 Å². The zero-order valence-electron chi connectivity index (χ0n) is 18.8. The number of nitro groups is 2. The van der Waals surface area contributed by atoms with Gasteiger partial charge in [0.15, 0.2) is 6.29 Å². The van der Waals surface area contributed by atoms with Gasteiger partial charge in [-0.1, -0.05) is 0 Å². The molecule has 12 nitrogen and oxygen atoms in total. The molecule has 1 heterocycles. The highest BCUT2D eigenvalue weighted by atomic mass is 16.7. The molecule has 0 radical (unpaired) electrons. The molecule has 4 atom stereocenters. The highest BCUT2D eigenvalue weighted by molar-refractivity contribution is 5.89. The maximum Gasteiger partial charge on any atom is 0.338 e. The van der Waals surface area contributed by atoms with Crippen LogP contribution in [0, 0.1) is 20.2 Å². The van der Waals surface area contributed by atoms with Gasteiger partial charge in [0.05, 0.1) is 21.5 Å². The number of carbonyl (C=O) groups is 1. The minimum Gasteiger partial charge on any atom is -0.459 e. The second-order valence-electron chi connectivity index (χ2n) is 7.99. The third-order valence-corrected chi connectivity index (χ3v) is 5.17. The number of esters is 1. The van der Waals surface area contributed by atoms with E-state index in [2.05, 4.69) is 0 Å². The van der Waals surface area contributed by atoms with E-state index in [1.54, 1.807) is 13.8 Å². The van der Waals surface area contributed by atoms with Crippen molar-refractivity contribution in [1.29, 1.82) is 0 Å². The molecule has 2 aromatic carbocycles. The number of benzene rings is 2. The lowest BCUT2D eigenvalue weighted by Crippen LogP contribution is -2.44. The fourth-order valence-corrected chi connectivity index (χ4v) is 3.41. The Balaban J connectivity index is 1.75. The smallest absolute Gasteiger partial charge is 0.338 e.